The van der Waals surface area contributed by atoms with Crippen molar-refractivity contribution in [3.05, 3.63) is 125 Å². The molecule has 250 valence electrons. The Balaban J connectivity index is 1.18. The minimum atomic E-state index is -0.149. The van der Waals surface area contributed by atoms with Gasteiger partial charge in [-0.3, -0.25) is 9.59 Å². The third-order valence-corrected chi connectivity index (χ3v) is 10.5. The molecule has 0 unspecified atom stereocenters. The van der Waals surface area contributed by atoms with Crippen LogP contribution in [0.25, 0.3) is 0 Å². The number of benzene rings is 4. The molecule has 1 aliphatic carbocycles. The smallest absolute Gasteiger partial charge is 0.225 e. The molecular formula is C44H51NO3. The fraction of sp³-hybridized carbons (Fsp3) is 0.409. The lowest BCUT2D eigenvalue weighted by molar-refractivity contribution is -0.116. The molecule has 1 aliphatic heterocycles. The maximum atomic E-state index is 13.9. The van der Waals surface area contributed by atoms with Crippen LogP contribution < -0.4 is 10.1 Å². The molecular weight excluding hydrogens is 590 g/mol. The largest absolute Gasteiger partial charge is 0.457 e. The third kappa shape index (κ3) is 8.27. The Morgan fingerprint density at radius 2 is 1.44 bits per heavy atom. The molecule has 0 bridgehead atoms. The van der Waals surface area contributed by atoms with Gasteiger partial charge in [0.25, 0.3) is 0 Å². The Hall–Kier alpha value is -4.18. The monoisotopic (exact) mass is 641 g/mol. The molecule has 0 radical (unpaired) electrons. The van der Waals surface area contributed by atoms with Gasteiger partial charge in [0.05, 0.1) is 0 Å². The van der Waals surface area contributed by atoms with Crippen molar-refractivity contribution < 1.29 is 14.3 Å². The van der Waals surface area contributed by atoms with Crippen LogP contribution in [0.1, 0.15) is 124 Å². The predicted octanol–water partition coefficient (Wildman–Crippen LogP) is 11.4. The lowest BCUT2D eigenvalue weighted by Gasteiger charge is -2.28. The van der Waals surface area contributed by atoms with Crippen LogP contribution in [0.5, 0.6) is 11.5 Å². The highest BCUT2D eigenvalue weighted by Gasteiger charge is 2.30. The van der Waals surface area contributed by atoms with Crippen LogP contribution in [0.2, 0.25) is 0 Å². The number of nitrogens with one attached hydrogen (secondary N) is 1. The number of rotatable bonds is 12. The molecule has 4 aromatic rings. The van der Waals surface area contributed by atoms with Crippen LogP contribution >= 0.6 is 0 Å². The van der Waals surface area contributed by atoms with Crippen molar-refractivity contribution in [3.63, 3.8) is 0 Å². The van der Waals surface area contributed by atoms with Gasteiger partial charge < -0.3 is 10.1 Å². The molecule has 0 saturated heterocycles. The van der Waals surface area contributed by atoms with E-state index in [4.69, 9.17) is 4.74 Å². The summed E-state index contributed by atoms with van der Waals surface area (Å²) in [7, 11) is 0. The van der Waals surface area contributed by atoms with Gasteiger partial charge in [0, 0.05) is 40.6 Å². The zero-order valence-electron chi connectivity index (χ0n) is 29.0. The van der Waals surface area contributed by atoms with Crippen molar-refractivity contribution in [1.82, 2.24) is 0 Å². The number of carbonyl (C=O) groups excluding carboxylic acids is 2. The first-order valence-electron chi connectivity index (χ1n) is 18.1. The van der Waals surface area contributed by atoms with E-state index in [1.807, 2.05) is 66.7 Å². The Bertz CT molecular complexity index is 1650. The van der Waals surface area contributed by atoms with Gasteiger partial charge in [-0.2, -0.15) is 0 Å². The van der Waals surface area contributed by atoms with E-state index in [0.29, 0.717) is 6.42 Å². The van der Waals surface area contributed by atoms with Gasteiger partial charge in [-0.05, 0) is 59.9 Å². The van der Waals surface area contributed by atoms with Crippen LogP contribution in [-0.4, -0.2) is 11.7 Å². The number of amides is 1. The Morgan fingerprint density at radius 1 is 0.792 bits per heavy atom. The maximum Gasteiger partial charge on any atom is 0.225 e. The molecule has 2 aliphatic rings. The summed E-state index contributed by atoms with van der Waals surface area (Å²) in [6.45, 7) is 6.55. The van der Waals surface area contributed by atoms with E-state index in [1.54, 1.807) is 0 Å². The van der Waals surface area contributed by atoms with Gasteiger partial charge in [-0.25, -0.2) is 0 Å². The second-order valence-corrected chi connectivity index (χ2v) is 15.0. The number of hydrogen-bond acceptors (Lipinski definition) is 3. The molecule has 1 heterocycles. The van der Waals surface area contributed by atoms with E-state index in [-0.39, 0.29) is 28.9 Å². The molecule has 0 aromatic heterocycles. The van der Waals surface area contributed by atoms with Crippen LogP contribution in [0.3, 0.4) is 0 Å². The molecule has 1 atom stereocenters. The van der Waals surface area contributed by atoms with E-state index in [0.717, 1.165) is 76.6 Å². The summed E-state index contributed by atoms with van der Waals surface area (Å²) < 4.78 is 6.18. The lowest BCUT2D eigenvalue weighted by atomic mass is 9.82. The van der Waals surface area contributed by atoms with Crippen LogP contribution in [0, 0.1) is 11.8 Å². The van der Waals surface area contributed by atoms with Crippen LogP contribution in [0.4, 0.5) is 5.69 Å². The van der Waals surface area contributed by atoms with E-state index >= 15 is 0 Å². The number of ether oxygens (including phenoxy) is 1. The van der Waals surface area contributed by atoms with E-state index in [1.165, 1.54) is 38.5 Å². The molecule has 1 fully saturated rings. The van der Waals surface area contributed by atoms with Gasteiger partial charge >= 0.3 is 0 Å². The number of para-hydroxylation sites is 2. The summed E-state index contributed by atoms with van der Waals surface area (Å²) in [5.41, 5.74) is 5.86. The maximum absolute atomic E-state index is 13.9. The first-order chi connectivity index (χ1) is 23.3. The second-order valence-electron chi connectivity index (χ2n) is 15.0. The van der Waals surface area contributed by atoms with Crippen molar-refractivity contribution in [2.24, 2.45) is 11.8 Å². The normalized spacial score (nSPS) is 15.6. The third-order valence-electron chi connectivity index (χ3n) is 10.5. The standard InChI is InChI=1S/C44H51NO3/c1-44(2,3)38-28-26-32(25-27-34(43(47)33-18-8-5-9-19-33)20-14-17-31-15-6-4-7-16-31)29-39(38)45-42(46)30-37-35-21-10-12-23-40(35)48-41-24-13-11-22-36(37)41/h5,8-13,18-19,21-24,26,28-29,31,34,37H,4,6-7,14-17,20,25,27,30H2,1-3H3,(H,45,46)/t34-/m1/s1. The van der Waals surface area contributed by atoms with E-state index in [9.17, 15) is 9.59 Å². The summed E-state index contributed by atoms with van der Waals surface area (Å²) in [5.74, 6) is 2.58. The lowest BCUT2D eigenvalue weighted by Crippen LogP contribution is -2.22. The molecule has 1 N–H and O–H groups in total. The fourth-order valence-corrected chi connectivity index (χ4v) is 7.83. The number of hydrogen-bond donors (Lipinski definition) is 1. The highest BCUT2D eigenvalue weighted by Crippen LogP contribution is 2.45. The molecule has 0 spiro atoms. The predicted molar refractivity (Wildman–Crippen MR) is 196 cm³/mol. The zero-order valence-corrected chi connectivity index (χ0v) is 29.0. The van der Waals surface area contributed by atoms with Crippen LogP contribution in [-0.2, 0) is 16.6 Å². The van der Waals surface area contributed by atoms with Crippen molar-refractivity contribution in [2.45, 2.75) is 103 Å². The fourth-order valence-electron chi connectivity index (χ4n) is 7.83. The Labute approximate surface area is 287 Å². The van der Waals surface area contributed by atoms with Crippen molar-refractivity contribution >= 4 is 17.4 Å². The van der Waals surface area contributed by atoms with Gasteiger partial charge in [0.1, 0.15) is 11.5 Å². The number of carbonyl (C=O) groups is 2. The van der Waals surface area contributed by atoms with Gasteiger partial charge in [-0.15, -0.1) is 0 Å². The minimum Gasteiger partial charge on any atom is -0.457 e. The SMILES string of the molecule is CC(C)(C)c1ccc(CC[C@@H](CCCC2CCCCC2)C(=O)c2ccccc2)cc1NC(=O)CC1c2ccccc2Oc2ccccc21. The molecule has 1 amide bonds. The van der Waals surface area contributed by atoms with Crippen molar-refractivity contribution in [1.29, 1.82) is 0 Å². The number of anilines is 1. The first-order valence-corrected chi connectivity index (χ1v) is 18.1. The van der Waals surface area contributed by atoms with Gasteiger partial charge in [0.15, 0.2) is 5.78 Å². The Kier molecular flexibility index (Phi) is 10.8. The zero-order chi connectivity index (χ0) is 33.5. The molecule has 1 saturated carbocycles. The first kappa shape index (κ1) is 33.7. The number of aryl methyl sites for hydroxylation is 1. The van der Waals surface area contributed by atoms with Crippen molar-refractivity contribution in [2.75, 3.05) is 5.32 Å². The molecule has 6 rings (SSSR count). The molecule has 4 heteroatoms. The van der Waals surface area contributed by atoms with E-state index < -0.39 is 0 Å². The Morgan fingerprint density at radius 3 is 2.10 bits per heavy atom. The summed E-state index contributed by atoms with van der Waals surface area (Å²) >= 11 is 0. The number of ketones is 1. The highest BCUT2D eigenvalue weighted by atomic mass is 16.5. The number of Topliss-reactive ketones (excluding diaryl/α,β-unsaturated/α-hetero) is 1. The van der Waals surface area contributed by atoms with E-state index in [2.05, 4.69) is 56.4 Å². The average molecular weight is 642 g/mol. The topological polar surface area (TPSA) is 55.4 Å². The minimum absolute atomic E-state index is 0.00928. The molecule has 48 heavy (non-hydrogen) atoms. The van der Waals surface area contributed by atoms with Gasteiger partial charge in [0.2, 0.25) is 5.91 Å². The van der Waals surface area contributed by atoms with Crippen molar-refractivity contribution in [3.8, 4) is 11.5 Å². The quantitative estimate of drug-likeness (QED) is 0.157. The average Bonchev–Trinajstić information content (AvgIpc) is 3.09. The summed E-state index contributed by atoms with van der Waals surface area (Å²) in [4.78, 5) is 27.6. The highest BCUT2D eigenvalue weighted by molar-refractivity contribution is 5.97. The summed E-state index contributed by atoms with van der Waals surface area (Å²) in [5, 5.41) is 3.33. The molecule has 4 aromatic carbocycles. The van der Waals surface area contributed by atoms with Crippen LogP contribution in [0.15, 0.2) is 97.1 Å². The number of fused-ring (bicyclic) bond motifs is 2. The van der Waals surface area contributed by atoms with Gasteiger partial charge in [-0.1, -0.05) is 145 Å². The summed E-state index contributed by atoms with van der Waals surface area (Å²) in [6, 6.07) is 32.3. The molecule has 4 nitrogen and oxygen atoms in total. The second kappa shape index (κ2) is 15.4. The summed E-state index contributed by atoms with van der Waals surface area (Å²) in [6.07, 6.45) is 12.0.